The zero-order valence-corrected chi connectivity index (χ0v) is 19.3. The van der Waals surface area contributed by atoms with Gasteiger partial charge in [-0.1, -0.05) is 41.9 Å². The van der Waals surface area contributed by atoms with Gasteiger partial charge < -0.3 is 4.57 Å². The van der Waals surface area contributed by atoms with E-state index >= 15 is 0 Å². The van der Waals surface area contributed by atoms with E-state index in [4.69, 9.17) is 11.6 Å². The van der Waals surface area contributed by atoms with Crippen molar-refractivity contribution in [2.45, 2.75) is 19.6 Å². The number of hydrogen-bond donors (Lipinski definition) is 1. The van der Waals surface area contributed by atoms with Gasteiger partial charge in [-0.2, -0.15) is 5.10 Å². The molecule has 0 radical (unpaired) electrons. The number of benzene rings is 2. The Balaban J connectivity index is 1.59. The lowest BCUT2D eigenvalue weighted by Crippen LogP contribution is -2.19. The maximum Gasteiger partial charge on any atom is 0.250 e. The Bertz CT molecular complexity index is 1030. The van der Waals surface area contributed by atoms with Crippen molar-refractivity contribution in [3.63, 3.8) is 0 Å². The van der Waals surface area contributed by atoms with Crippen LogP contribution in [-0.2, 0) is 10.5 Å². The third-order valence-corrected chi connectivity index (χ3v) is 6.64. The fraction of sp³-hybridized carbons (Fsp3) is 0.182. The lowest BCUT2D eigenvalue weighted by Gasteiger charge is -2.08. The molecule has 0 unspecified atom stereocenters. The molecule has 7 heteroatoms. The number of carbonyl (C=O) groups excluding carboxylic acids is 1. The first-order chi connectivity index (χ1) is 14.0. The number of halogens is 2. The Hall–Kier alpha value is -2.02. The molecule has 0 fully saturated rings. The SMILES string of the molecule is Cc1c(Br)c(/C=N\NC(=O)CSCc2cccc(Cl)c2)c(C)n1-c1ccccc1. The summed E-state index contributed by atoms with van der Waals surface area (Å²) in [5.41, 5.74) is 7.86. The van der Waals surface area contributed by atoms with E-state index in [9.17, 15) is 4.79 Å². The number of para-hydroxylation sites is 1. The summed E-state index contributed by atoms with van der Waals surface area (Å²) >= 11 is 11.1. The fourth-order valence-corrected chi connectivity index (χ4v) is 4.57. The van der Waals surface area contributed by atoms with Crippen LogP contribution < -0.4 is 5.43 Å². The summed E-state index contributed by atoms with van der Waals surface area (Å²) in [7, 11) is 0. The lowest BCUT2D eigenvalue weighted by molar-refractivity contribution is -0.118. The summed E-state index contributed by atoms with van der Waals surface area (Å²) in [6.07, 6.45) is 1.69. The van der Waals surface area contributed by atoms with E-state index in [1.165, 1.54) is 11.8 Å². The third-order valence-electron chi connectivity index (χ3n) is 4.40. The minimum Gasteiger partial charge on any atom is -0.317 e. The maximum atomic E-state index is 12.1. The minimum atomic E-state index is -0.138. The second-order valence-corrected chi connectivity index (χ2v) is 8.70. The first kappa shape index (κ1) is 21.7. The molecule has 0 atom stereocenters. The molecule has 0 aliphatic heterocycles. The molecule has 0 saturated heterocycles. The van der Waals surface area contributed by atoms with Crippen molar-refractivity contribution < 1.29 is 4.79 Å². The Labute approximate surface area is 188 Å². The predicted octanol–water partition coefficient (Wildman–Crippen LogP) is 5.89. The van der Waals surface area contributed by atoms with Crippen LogP contribution >= 0.6 is 39.3 Å². The smallest absolute Gasteiger partial charge is 0.250 e. The van der Waals surface area contributed by atoms with Crippen LogP contribution in [0.3, 0.4) is 0 Å². The number of thioether (sulfide) groups is 1. The fourth-order valence-electron chi connectivity index (χ4n) is 3.03. The van der Waals surface area contributed by atoms with Gasteiger partial charge in [-0.05, 0) is 59.6 Å². The molecule has 1 heterocycles. The second kappa shape index (κ2) is 10.1. The predicted molar refractivity (Wildman–Crippen MR) is 126 cm³/mol. The average Bonchev–Trinajstić information content (AvgIpc) is 2.92. The van der Waals surface area contributed by atoms with Crippen LogP contribution in [0.25, 0.3) is 5.69 Å². The van der Waals surface area contributed by atoms with Gasteiger partial charge >= 0.3 is 0 Å². The molecule has 29 heavy (non-hydrogen) atoms. The number of amides is 1. The molecular formula is C22H21BrClN3OS. The zero-order chi connectivity index (χ0) is 20.8. The number of aromatic nitrogens is 1. The van der Waals surface area contributed by atoms with Crippen molar-refractivity contribution in [2.24, 2.45) is 5.10 Å². The van der Waals surface area contributed by atoms with Crippen molar-refractivity contribution >= 4 is 51.4 Å². The van der Waals surface area contributed by atoms with Crippen LogP contribution in [0.5, 0.6) is 0 Å². The van der Waals surface area contributed by atoms with Gasteiger partial charge in [0.25, 0.3) is 0 Å². The summed E-state index contributed by atoms with van der Waals surface area (Å²) in [6.45, 7) is 4.08. The molecule has 4 nitrogen and oxygen atoms in total. The van der Waals surface area contributed by atoms with E-state index < -0.39 is 0 Å². The quantitative estimate of drug-likeness (QED) is 0.331. The highest BCUT2D eigenvalue weighted by Crippen LogP contribution is 2.29. The van der Waals surface area contributed by atoms with E-state index in [0.717, 1.165) is 38.4 Å². The summed E-state index contributed by atoms with van der Waals surface area (Å²) in [4.78, 5) is 12.1. The first-order valence-corrected chi connectivity index (χ1v) is 11.4. The van der Waals surface area contributed by atoms with Crippen LogP contribution in [0, 0.1) is 13.8 Å². The minimum absolute atomic E-state index is 0.138. The number of hydrogen-bond acceptors (Lipinski definition) is 3. The third kappa shape index (κ3) is 5.53. The normalized spacial score (nSPS) is 11.2. The molecule has 0 spiro atoms. The number of nitrogens with zero attached hydrogens (tertiary/aromatic N) is 2. The summed E-state index contributed by atoms with van der Waals surface area (Å²) < 4.78 is 3.13. The van der Waals surface area contributed by atoms with Gasteiger partial charge in [0.05, 0.1) is 12.0 Å². The molecule has 150 valence electrons. The van der Waals surface area contributed by atoms with Crippen molar-refractivity contribution in [1.29, 1.82) is 0 Å². The van der Waals surface area contributed by atoms with Crippen LogP contribution in [0.4, 0.5) is 0 Å². The largest absolute Gasteiger partial charge is 0.317 e. The molecule has 2 aromatic carbocycles. The summed E-state index contributed by atoms with van der Waals surface area (Å²) in [5.74, 6) is 0.913. The summed E-state index contributed by atoms with van der Waals surface area (Å²) in [5, 5.41) is 4.85. The van der Waals surface area contributed by atoms with Gasteiger partial charge in [0.1, 0.15) is 0 Å². The second-order valence-electron chi connectivity index (χ2n) is 6.49. The van der Waals surface area contributed by atoms with Gasteiger partial charge in [-0.25, -0.2) is 5.43 Å². The Kier molecular flexibility index (Phi) is 7.58. The Morgan fingerprint density at radius 1 is 1.17 bits per heavy atom. The topological polar surface area (TPSA) is 46.4 Å². The van der Waals surface area contributed by atoms with Crippen LogP contribution in [0.1, 0.15) is 22.5 Å². The standard InChI is InChI=1S/C22H21BrClN3OS/c1-15-20(22(23)16(2)27(15)19-9-4-3-5-10-19)12-25-26-21(28)14-29-13-17-7-6-8-18(24)11-17/h3-12H,13-14H2,1-2H3,(H,26,28)/b25-12-. The van der Waals surface area contributed by atoms with Gasteiger partial charge in [-0.3, -0.25) is 4.79 Å². The Morgan fingerprint density at radius 3 is 2.66 bits per heavy atom. The number of nitrogens with one attached hydrogen (secondary N) is 1. The maximum absolute atomic E-state index is 12.1. The van der Waals surface area contributed by atoms with Gasteiger partial charge in [0, 0.05) is 37.9 Å². The average molecular weight is 491 g/mol. The number of rotatable bonds is 7. The van der Waals surface area contributed by atoms with Gasteiger partial charge in [0.15, 0.2) is 0 Å². The molecule has 1 aromatic heterocycles. The zero-order valence-electron chi connectivity index (χ0n) is 16.2. The highest BCUT2D eigenvalue weighted by molar-refractivity contribution is 9.10. The van der Waals surface area contributed by atoms with Crippen LogP contribution in [-0.4, -0.2) is 22.4 Å². The van der Waals surface area contributed by atoms with Crippen molar-refractivity contribution in [3.8, 4) is 5.69 Å². The van der Waals surface area contributed by atoms with E-state index in [0.29, 0.717) is 10.8 Å². The van der Waals surface area contributed by atoms with E-state index in [-0.39, 0.29) is 5.91 Å². The number of carbonyl (C=O) groups is 1. The first-order valence-electron chi connectivity index (χ1n) is 9.04. The highest BCUT2D eigenvalue weighted by Gasteiger charge is 2.15. The Morgan fingerprint density at radius 2 is 1.93 bits per heavy atom. The number of hydrazone groups is 1. The van der Waals surface area contributed by atoms with E-state index in [1.807, 2.05) is 56.3 Å². The molecule has 1 amide bonds. The van der Waals surface area contributed by atoms with E-state index in [2.05, 4.69) is 43.2 Å². The molecule has 0 aliphatic rings. The molecule has 1 N–H and O–H groups in total. The molecule has 0 aliphatic carbocycles. The summed E-state index contributed by atoms with van der Waals surface area (Å²) in [6, 6.07) is 17.8. The molecule has 3 rings (SSSR count). The molecule has 0 saturated carbocycles. The molecule has 3 aromatic rings. The lowest BCUT2D eigenvalue weighted by atomic mass is 10.2. The van der Waals surface area contributed by atoms with Crippen LogP contribution in [0.15, 0.2) is 64.2 Å². The van der Waals surface area contributed by atoms with E-state index in [1.54, 1.807) is 6.21 Å². The highest BCUT2D eigenvalue weighted by atomic mass is 79.9. The van der Waals surface area contributed by atoms with Gasteiger partial charge in [-0.15, -0.1) is 11.8 Å². The molecular weight excluding hydrogens is 470 g/mol. The van der Waals surface area contributed by atoms with Crippen molar-refractivity contribution in [1.82, 2.24) is 9.99 Å². The van der Waals surface area contributed by atoms with Crippen molar-refractivity contribution in [2.75, 3.05) is 5.75 Å². The van der Waals surface area contributed by atoms with Gasteiger partial charge in [0.2, 0.25) is 5.91 Å². The van der Waals surface area contributed by atoms with Crippen LogP contribution in [0.2, 0.25) is 5.02 Å². The molecule has 0 bridgehead atoms. The van der Waals surface area contributed by atoms with Crippen molar-refractivity contribution in [3.05, 3.63) is 86.6 Å². The monoisotopic (exact) mass is 489 g/mol.